The van der Waals surface area contributed by atoms with Crippen LogP contribution in [0.25, 0.3) is 11.3 Å². The van der Waals surface area contributed by atoms with Crippen LogP contribution in [0.15, 0.2) is 23.1 Å². The lowest BCUT2D eigenvalue weighted by Crippen LogP contribution is -2.02. The minimum absolute atomic E-state index is 0.239. The molecule has 1 N–H and O–H groups in total. The molecule has 0 aliphatic rings. The van der Waals surface area contributed by atoms with Gasteiger partial charge in [-0.3, -0.25) is 5.10 Å². The lowest BCUT2D eigenvalue weighted by atomic mass is 10.1. The third kappa shape index (κ3) is 2.67. The molecule has 0 spiro atoms. The average molecular weight is 308 g/mol. The van der Waals surface area contributed by atoms with Crippen LogP contribution in [0.3, 0.4) is 0 Å². The van der Waals surface area contributed by atoms with Crippen LogP contribution in [0.1, 0.15) is 12.1 Å². The standard InChI is InChI=1S/C11H8F4N2O2S/c1-20(18,19)10-3-6(12)5(2-7(10)13)8-4-9(11(14)15)17-16-8/h2-4,11H,1H3,(H,16,17). The van der Waals surface area contributed by atoms with E-state index in [1.807, 2.05) is 5.10 Å². The van der Waals surface area contributed by atoms with Crippen molar-refractivity contribution in [3.63, 3.8) is 0 Å². The molecule has 108 valence electrons. The van der Waals surface area contributed by atoms with Gasteiger partial charge in [0, 0.05) is 11.8 Å². The third-order valence-electron chi connectivity index (χ3n) is 2.53. The maximum Gasteiger partial charge on any atom is 0.279 e. The van der Waals surface area contributed by atoms with E-state index in [-0.39, 0.29) is 5.69 Å². The highest BCUT2D eigenvalue weighted by Crippen LogP contribution is 2.28. The zero-order chi connectivity index (χ0) is 15.1. The number of nitrogens with one attached hydrogen (secondary N) is 1. The Labute approximate surface area is 111 Å². The first-order chi connectivity index (χ1) is 9.20. The van der Waals surface area contributed by atoms with E-state index in [1.54, 1.807) is 0 Å². The van der Waals surface area contributed by atoms with Crippen molar-refractivity contribution in [3.05, 3.63) is 35.5 Å². The van der Waals surface area contributed by atoms with Crippen molar-refractivity contribution in [1.29, 1.82) is 0 Å². The first kappa shape index (κ1) is 14.5. The molecule has 0 fully saturated rings. The molecular formula is C11H8F4N2O2S. The van der Waals surface area contributed by atoms with Crippen LogP contribution in [-0.4, -0.2) is 24.9 Å². The van der Waals surface area contributed by atoms with Crippen LogP contribution in [0.4, 0.5) is 17.6 Å². The molecule has 0 bridgehead atoms. The fourth-order valence-electron chi connectivity index (χ4n) is 1.60. The van der Waals surface area contributed by atoms with Crippen molar-refractivity contribution >= 4 is 9.84 Å². The molecule has 0 aliphatic heterocycles. The molecule has 1 aromatic heterocycles. The fourth-order valence-corrected chi connectivity index (χ4v) is 2.33. The van der Waals surface area contributed by atoms with Crippen molar-refractivity contribution in [2.75, 3.05) is 6.26 Å². The van der Waals surface area contributed by atoms with Gasteiger partial charge in [-0.2, -0.15) is 5.10 Å². The van der Waals surface area contributed by atoms with Gasteiger partial charge >= 0.3 is 0 Å². The van der Waals surface area contributed by atoms with Crippen molar-refractivity contribution in [2.45, 2.75) is 11.3 Å². The molecule has 2 aromatic rings. The number of hydrogen-bond acceptors (Lipinski definition) is 3. The Morgan fingerprint density at radius 1 is 1.15 bits per heavy atom. The van der Waals surface area contributed by atoms with Crippen molar-refractivity contribution in [3.8, 4) is 11.3 Å². The number of sulfone groups is 1. The summed E-state index contributed by atoms with van der Waals surface area (Å²) in [6.45, 7) is 0. The number of rotatable bonds is 3. The second-order valence-electron chi connectivity index (χ2n) is 4.04. The summed E-state index contributed by atoms with van der Waals surface area (Å²) >= 11 is 0. The summed E-state index contributed by atoms with van der Waals surface area (Å²) < 4.78 is 74.6. The normalized spacial score (nSPS) is 12.1. The number of aromatic amines is 1. The van der Waals surface area contributed by atoms with E-state index in [0.717, 1.165) is 12.3 Å². The quantitative estimate of drug-likeness (QED) is 0.887. The van der Waals surface area contributed by atoms with Gasteiger partial charge in [0.2, 0.25) is 0 Å². The summed E-state index contributed by atoms with van der Waals surface area (Å²) in [5, 5.41) is 5.43. The highest BCUT2D eigenvalue weighted by Gasteiger charge is 2.20. The maximum atomic E-state index is 13.8. The minimum Gasteiger partial charge on any atom is -0.276 e. The Morgan fingerprint density at radius 3 is 2.30 bits per heavy atom. The smallest absolute Gasteiger partial charge is 0.276 e. The SMILES string of the molecule is CS(=O)(=O)c1cc(F)c(-c2cc(C(F)F)[nH]n2)cc1F. The van der Waals surface area contributed by atoms with Gasteiger partial charge in [0.25, 0.3) is 6.43 Å². The van der Waals surface area contributed by atoms with Gasteiger partial charge in [-0.05, 0) is 18.2 Å². The van der Waals surface area contributed by atoms with Crippen molar-refractivity contribution in [1.82, 2.24) is 10.2 Å². The molecule has 0 unspecified atom stereocenters. The van der Waals surface area contributed by atoms with Crippen LogP contribution in [0.2, 0.25) is 0 Å². The van der Waals surface area contributed by atoms with E-state index >= 15 is 0 Å². The van der Waals surface area contributed by atoms with E-state index < -0.39 is 44.1 Å². The summed E-state index contributed by atoms with van der Waals surface area (Å²) in [5.74, 6) is -2.25. The number of hydrogen-bond donors (Lipinski definition) is 1. The lowest BCUT2D eigenvalue weighted by Gasteiger charge is -2.04. The van der Waals surface area contributed by atoms with E-state index in [2.05, 4.69) is 5.10 Å². The Hall–Kier alpha value is -1.90. The Bertz CT molecular complexity index is 756. The molecule has 0 aliphatic carbocycles. The third-order valence-corrected chi connectivity index (χ3v) is 3.64. The van der Waals surface area contributed by atoms with Gasteiger partial charge in [-0.1, -0.05) is 0 Å². The van der Waals surface area contributed by atoms with Crippen LogP contribution in [0.5, 0.6) is 0 Å². The second-order valence-corrected chi connectivity index (χ2v) is 6.03. The summed E-state index contributed by atoms with van der Waals surface area (Å²) in [6, 6.07) is 1.97. The summed E-state index contributed by atoms with van der Waals surface area (Å²) in [5.41, 5.74) is -1.19. The second kappa shape index (κ2) is 4.89. The molecule has 0 amide bonds. The largest absolute Gasteiger partial charge is 0.279 e. The number of alkyl halides is 2. The first-order valence-corrected chi connectivity index (χ1v) is 7.12. The number of halogens is 4. The minimum atomic E-state index is -3.93. The van der Waals surface area contributed by atoms with Crippen LogP contribution in [0, 0.1) is 11.6 Å². The zero-order valence-electron chi connectivity index (χ0n) is 9.99. The summed E-state index contributed by atoms with van der Waals surface area (Å²) in [6.07, 6.45) is -2.10. The highest BCUT2D eigenvalue weighted by atomic mass is 32.2. The fraction of sp³-hybridized carbons (Fsp3) is 0.182. The molecule has 1 aromatic carbocycles. The van der Waals surface area contributed by atoms with Gasteiger partial charge in [-0.15, -0.1) is 0 Å². The van der Waals surface area contributed by atoms with Gasteiger partial charge in [-0.25, -0.2) is 26.0 Å². The van der Waals surface area contributed by atoms with Crippen molar-refractivity contribution < 1.29 is 26.0 Å². The van der Waals surface area contributed by atoms with E-state index in [9.17, 15) is 26.0 Å². The molecular weight excluding hydrogens is 300 g/mol. The predicted octanol–water partition coefficient (Wildman–Crippen LogP) is 2.70. The Morgan fingerprint density at radius 2 is 1.80 bits per heavy atom. The average Bonchev–Trinajstić information content (AvgIpc) is 2.79. The molecule has 2 rings (SSSR count). The number of H-pyrrole nitrogens is 1. The van der Waals surface area contributed by atoms with E-state index in [0.29, 0.717) is 12.1 Å². The van der Waals surface area contributed by atoms with Gasteiger partial charge in [0.1, 0.15) is 22.2 Å². The topological polar surface area (TPSA) is 62.8 Å². The molecule has 9 heteroatoms. The van der Waals surface area contributed by atoms with Crippen LogP contribution >= 0.6 is 0 Å². The number of nitrogens with zero attached hydrogens (tertiary/aromatic N) is 1. The number of benzene rings is 1. The predicted molar refractivity (Wildman–Crippen MR) is 62.0 cm³/mol. The van der Waals surface area contributed by atoms with Gasteiger partial charge in [0.15, 0.2) is 9.84 Å². The summed E-state index contributed by atoms with van der Waals surface area (Å²) in [7, 11) is -3.93. The number of aromatic nitrogens is 2. The van der Waals surface area contributed by atoms with E-state index in [4.69, 9.17) is 0 Å². The molecule has 20 heavy (non-hydrogen) atoms. The Balaban J connectivity index is 2.56. The van der Waals surface area contributed by atoms with Crippen LogP contribution < -0.4 is 0 Å². The molecule has 4 nitrogen and oxygen atoms in total. The Kier molecular flexibility index (Phi) is 3.55. The van der Waals surface area contributed by atoms with Crippen molar-refractivity contribution in [2.24, 2.45) is 0 Å². The highest BCUT2D eigenvalue weighted by molar-refractivity contribution is 7.90. The molecule has 0 saturated carbocycles. The summed E-state index contributed by atoms with van der Waals surface area (Å²) in [4.78, 5) is -0.802. The van der Waals surface area contributed by atoms with E-state index in [1.165, 1.54) is 0 Å². The van der Waals surface area contributed by atoms with Gasteiger partial charge in [0.05, 0.1) is 5.69 Å². The van der Waals surface area contributed by atoms with Crippen LogP contribution in [-0.2, 0) is 9.84 Å². The maximum absolute atomic E-state index is 13.8. The molecule has 0 saturated heterocycles. The molecule has 1 heterocycles. The van der Waals surface area contributed by atoms with Gasteiger partial charge < -0.3 is 0 Å². The lowest BCUT2D eigenvalue weighted by molar-refractivity contribution is 0.146. The first-order valence-electron chi connectivity index (χ1n) is 5.23. The molecule has 0 atom stereocenters. The zero-order valence-corrected chi connectivity index (χ0v) is 10.8. The molecule has 0 radical (unpaired) electrons. The monoisotopic (exact) mass is 308 g/mol.